The van der Waals surface area contributed by atoms with Gasteiger partial charge in [0.05, 0.1) is 7.11 Å². The van der Waals surface area contributed by atoms with Crippen LogP contribution in [0.15, 0.2) is 12.3 Å². The van der Waals surface area contributed by atoms with Gasteiger partial charge in [-0.3, -0.25) is 0 Å². The van der Waals surface area contributed by atoms with Gasteiger partial charge in [0.2, 0.25) is 11.8 Å². The highest BCUT2D eigenvalue weighted by molar-refractivity contribution is 9.09. The number of hydrogen-bond donors (Lipinski definition) is 1. The molecule has 0 aliphatic heterocycles. The average Bonchev–Trinajstić information content (AvgIpc) is 2.29. The van der Waals surface area contributed by atoms with Crippen LogP contribution in [0.25, 0.3) is 0 Å². The van der Waals surface area contributed by atoms with Crippen LogP contribution in [0, 0.1) is 0 Å². The molecule has 0 saturated carbocycles. The van der Waals surface area contributed by atoms with Gasteiger partial charge in [-0.05, 0) is 12.8 Å². The van der Waals surface area contributed by atoms with E-state index in [1.54, 1.807) is 19.4 Å². The Balaban J connectivity index is 2.37. The molecule has 15 heavy (non-hydrogen) atoms. The third-order valence-corrected chi connectivity index (χ3v) is 3.13. The number of methoxy groups -OCH3 is 1. The van der Waals surface area contributed by atoms with Gasteiger partial charge in [-0.2, -0.15) is 4.98 Å². The van der Waals surface area contributed by atoms with Crippen LogP contribution in [0.5, 0.6) is 5.88 Å². The van der Waals surface area contributed by atoms with Gasteiger partial charge >= 0.3 is 0 Å². The van der Waals surface area contributed by atoms with Gasteiger partial charge in [0.25, 0.3) is 0 Å². The zero-order valence-corrected chi connectivity index (χ0v) is 10.6. The molecule has 0 bridgehead atoms. The van der Waals surface area contributed by atoms with Gasteiger partial charge in [-0.1, -0.05) is 22.9 Å². The molecule has 0 aliphatic rings. The molecule has 1 atom stereocenters. The van der Waals surface area contributed by atoms with Crippen molar-refractivity contribution in [1.82, 2.24) is 9.97 Å². The lowest BCUT2D eigenvalue weighted by Crippen LogP contribution is -2.10. The summed E-state index contributed by atoms with van der Waals surface area (Å²) in [6.45, 7) is 3.01. The standard InChI is InChI=1S/C10H16BrN3O/c1-3-8(11)4-6-12-10-13-7-5-9(14-10)15-2/h5,7-8H,3-4,6H2,1-2H3,(H,12,13,14). The fourth-order valence-electron chi connectivity index (χ4n) is 1.09. The minimum absolute atomic E-state index is 0.551. The van der Waals surface area contributed by atoms with E-state index in [9.17, 15) is 0 Å². The number of halogens is 1. The summed E-state index contributed by atoms with van der Waals surface area (Å²) in [7, 11) is 1.59. The molecule has 0 fully saturated rings. The minimum atomic E-state index is 0.551. The van der Waals surface area contributed by atoms with Gasteiger partial charge in [-0.25, -0.2) is 4.98 Å². The monoisotopic (exact) mass is 273 g/mol. The van der Waals surface area contributed by atoms with Crippen molar-refractivity contribution >= 4 is 21.9 Å². The van der Waals surface area contributed by atoms with E-state index < -0.39 is 0 Å². The molecule has 5 heteroatoms. The highest BCUT2D eigenvalue weighted by Crippen LogP contribution is 2.10. The molecule has 1 heterocycles. The van der Waals surface area contributed by atoms with E-state index in [0.717, 1.165) is 19.4 Å². The fraction of sp³-hybridized carbons (Fsp3) is 0.600. The zero-order valence-electron chi connectivity index (χ0n) is 9.03. The first kappa shape index (κ1) is 12.2. The minimum Gasteiger partial charge on any atom is -0.481 e. The Kier molecular flexibility index (Phi) is 5.39. The second-order valence-electron chi connectivity index (χ2n) is 3.14. The Bertz CT molecular complexity index is 296. The highest BCUT2D eigenvalue weighted by atomic mass is 79.9. The van der Waals surface area contributed by atoms with Gasteiger partial charge in [0, 0.05) is 23.6 Å². The molecule has 84 valence electrons. The predicted octanol–water partition coefficient (Wildman–Crippen LogP) is 2.46. The van der Waals surface area contributed by atoms with E-state index in [1.807, 2.05) is 0 Å². The Morgan fingerprint density at radius 1 is 1.60 bits per heavy atom. The van der Waals surface area contributed by atoms with E-state index in [1.165, 1.54) is 0 Å². The van der Waals surface area contributed by atoms with Crippen molar-refractivity contribution < 1.29 is 4.74 Å². The number of rotatable bonds is 6. The quantitative estimate of drug-likeness (QED) is 0.809. The predicted molar refractivity (Wildman–Crippen MR) is 64.7 cm³/mol. The molecular weight excluding hydrogens is 258 g/mol. The van der Waals surface area contributed by atoms with Crippen molar-refractivity contribution in [2.75, 3.05) is 19.0 Å². The second-order valence-corrected chi connectivity index (χ2v) is 4.44. The SMILES string of the molecule is CCC(Br)CCNc1nccc(OC)n1. The molecule has 0 aliphatic carbocycles. The molecular formula is C10H16BrN3O. The van der Waals surface area contributed by atoms with Gasteiger partial charge < -0.3 is 10.1 Å². The second kappa shape index (κ2) is 6.61. The van der Waals surface area contributed by atoms with Gasteiger partial charge in [0.1, 0.15) is 0 Å². The van der Waals surface area contributed by atoms with Crippen molar-refractivity contribution in [2.45, 2.75) is 24.6 Å². The highest BCUT2D eigenvalue weighted by Gasteiger charge is 2.01. The smallest absolute Gasteiger partial charge is 0.225 e. The maximum Gasteiger partial charge on any atom is 0.225 e. The molecule has 1 N–H and O–H groups in total. The summed E-state index contributed by atoms with van der Waals surface area (Å²) in [5, 5.41) is 3.15. The number of aromatic nitrogens is 2. The van der Waals surface area contributed by atoms with Crippen molar-refractivity contribution in [2.24, 2.45) is 0 Å². The first-order valence-electron chi connectivity index (χ1n) is 5.01. The van der Waals surface area contributed by atoms with Crippen LogP contribution >= 0.6 is 15.9 Å². The number of nitrogens with zero attached hydrogens (tertiary/aromatic N) is 2. The zero-order chi connectivity index (χ0) is 11.1. The lowest BCUT2D eigenvalue weighted by Gasteiger charge is -2.08. The third-order valence-electron chi connectivity index (χ3n) is 2.02. The maximum absolute atomic E-state index is 5.00. The molecule has 0 aromatic carbocycles. The lowest BCUT2D eigenvalue weighted by molar-refractivity contribution is 0.397. The Hall–Kier alpha value is -0.840. The number of hydrogen-bond acceptors (Lipinski definition) is 4. The van der Waals surface area contributed by atoms with Gasteiger partial charge in [0.15, 0.2) is 0 Å². The molecule has 0 spiro atoms. The van der Waals surface area contributed by atoms with E-state index in [2.05, 4.69) is 38.1 Å². The molecule has 0 amide bonds. The number of alkyl halides is 1. The van der Waals surface area contributed by atoms with E-state index in [-0.39, 0.29) is 0 Å². The van der Waals surface area contributed by atoms with Crippen LogP contribution in [0.4, 0.5) is 5.95 Å². The van der Waals surface area contributed by atoms with Crippen molar-refractivity contribution in [1.29, 1.82) is 0 Å². The molecule has 1 unspecified atom stereocenters. The summed E-state index contributed by atoms with van der Waals surface area (Å²) in [6.07, 6.45) is 3.86. The first-order valence-corrected chi connectivity index (χ1v) is 5.92. The molecule has 1 aromatic rings. The Morgan fingerprint density at radius 3 is 3.07 bits per heavy atom. The molecule has 4 nitrogen and oxygen atoms in total. The Morgan fingerprint density at radius 2 is 2.40 bits per heavy atom. The normalized spacial score (nSPS) is 12.2. The molecule has 0 saturated heterocycles. The summed E-state index contributed by atoms with van der Waals surface area (Å²) in [5.74, 6) is 1.20. The summed E-state index contributed by atoms with van der Waals surface area (Å²) < 4.78 is 5.00. The number of ether oxygens (including phenoxy) is 1. The van der Waals surface area contributed by atoms with Crippen molar-refractivity contribution in [3.8, 4) is 5.88 Å². The molecule has 1 aromatic heterocycles. The van der Waals surface area contributed by atoms with Crippen molar-refractivity contribution in [3.05, 3.63) is 12.3 Å². The van der Waals surface area contributed by atoms with Crippen LogP contribution in [-0.2, 0) is 0 Å². The van der Waals surface area contributed by atoms with E-state index in [0.29, 0.717) is 16.7 Å². The van der Waals surface area contributed by atoms with E-state index >= 15 is 0 Å². The van der Waals surface area contributed by atoms with Gasteiger partial charge in [-0.15, -0.1) is 0 Å². The van der Waals surface area contributed by atoms with Crippen LogP contribution in [0.1, 0.15) is 19.8 Å². The number of anilines is 1. The summed E-state index contributed by atoms with van der Waals surface area (Å²) in [4.78, 5) is 8.80. The summed E-state index contributed by atoms with van der Waals surface area (Å²) in [5.41, 5.74) is 0. The van der Waals surface area contributed by atoms with Crippen molar-refractivity contribution in [3.63, 3.8) is 0 Å². The Labute approximate surface area is 98.6 Å². The van der Waals surface area contributed by atoms with Crippen LogP contribution in [0.3, 0.4) is 0 Å². The first-order chi connectivity index (χ1) is 7.26. The average molecular weight is 274 g/mol. The van der Waals surface area contributed by atoms with Crippen LogP contribution in [-0.4, -0.2) is 28.4 Å². The van der Waals surface area contributed by atoms with E-state index in [4.69, 9.17) is 4.74 Å². The lowest BCUT2D eigenvalue weighted by atomic mass is 10.2. The third kappa shape index (κ3) is 4.46. The molecule has 1 rings (SSSR count). The van der Waals surface area contributed by atoms with Crippen LogP contribution < -0.4 is 10.1 Å². The summed E-state index contributed by atoms with van der Waals surface area (Å²) >= 11 is 3.57. The number of nitrogens with one attached hydrogen (secondary N) is 1. The maximum atomic E-state index is 5.00. The van der Waals surface area contributed by atoms with Crippen LogP contribution in [0.2, 0.25) is 0 Å². The fourth-order valence-corrected chi connectivity index (χ4v) is 1.31. The molecule has 0 radical (unpaired) electrons. The largest absolute Gasteiger partial charge is 0.481 e. The topological polar surface area (TPSA) is 47.0 Å². The summed E-state index contributed by atoms with van der Waals surface area (Å²) in [6, 6.07) is 1.73.